The highest BCUT2D eigenvalue weighted by Gasteiger charge is 2.87. The third-order valence-electron chi connectivity index (χ3n) is 6.35. The summed E-state index contributed by atoms with van der Waals surface area (Å²) in [7, 11) is 0. The van der Waals surface area contributed by atoms with Gasteiger partial charge in [0.25, 0.3) is 0 Å². The number of hydrogen-bond donors (Lipinski definition) is 1. The van der Waals surface area contributed by atoms with Crippen LogP contribution in [0.15, 0.2) is 36.4 Å². The fourth-order valence-electron chi connectivity index (χ4n) is 4.80. The molecule has 0 aliphatic heterocycles. The molecule has 2 unspecified atom stereocenters. The van der Waals surface area contributed by atoms with Crippen molar-refractivity contribution < 1.29 is 9.90 Å². The van der Waals surface area contributed by atoms with Crippen LogP contribution in [-0.2, 0) is 15.6 Å². The molecule has 2 heteroatoms. The minimum Gasteiger partial charge on any atom is -0.481 e. The van der Waals surface area contributed by atoms with Crippen molar-refractivity contribution in [2.24, 2.45) is 5.41 Å². The van der Waals surface area contributed by atoms with E-state index in [1.54, 1.807) is 0 Å². The first-order chi connectivity index (χ1) is 8.90. The van der Waals surface area contributed by atoms with E-state index >= 15 is 0 Å². The Kier molecular flexibility index (Phi) is 1.56. The van der Waals surface area contributed by atoms with Crippen molar-refractivity contribution in [3.63, 3.8) is 0 Å². The summed E-state index contributed by atoms with van der Waals surface area (Å²) in [6.07, 6.45) is 0. The van der Waals surface area contributed by atoms with Crippen LogP contribution in [0.1, 0.15) is 31.9 Å². The highest BCUT2D eigenvalue weighted by molar-refractivity contribution is 6.02. The Morgan fingerprint density at radius 2 is 1.42 bits per heavy atom. The van der Waals surface area contributed by atoms with Gasteiger partial charge < -0.3 is 5.11 Å². The van der Waals surface area contributed by atoms with Crippen molar-refractivity contribution in [1.29, 1.82) is 0 Å². The van der Waals surface area contributed by atoms with Gasteiger partial charge in [0.1, 0.15) is 0 Å². The van der Waals surface area contributed by atoms with Gasteiger partial charge in [0, 0.05) is 10.8 Å². The van der Waals surface area contributed by atoms with Crippen LogP contribution in [0.4, 0.5) is 0 Å². The molecule has 0 bridgehead atoms. The first-order valence-electron chi connectivity index (χ1n) is 6.67. The summed E-state index contributed by atoms with van der Waals surface area (Å²) in [5.41, 5.74) is 1.10. The number of benzene rings is 2. The van der Waals surface area contributed by atoms with Crippen LogP contribution in [0, 0.1) is 5.41 Å². The molecule has 0 amide bonds. The van der Waals surface area contributed by atoms with Crippen LogP contribution in [0.2, 0.25) is 0 Å². The second kappa shape index (κ2) is 2.69. The SMILES string of the molecule is CC1(C(=O)O)C2(C)c3cccc4cccc(c34)C12C. The first kappa shape index (κ1) is 11.0. The molecule has 0 spiro atoms. The van der Waals surface area contributed by atoms with E-state index in [2.05, 4.69) is 38.1 Å². The number of hydrogen-bond acceptors (Lipinski definition) is 1. The van der Waals surface area contributed by atoms with E-state index in [0.717, 1.165) is 0 Å². The second-order valence-corrected chi connectivity index (χ2v) is 6.39. The second-order valence-electron chi connectivity index (χ2n) is 6.39. The topological polar surface area (TPSA) is 37.3 Å². The van der Waals surface area contributed by atoms with Gasteiger partial charge in [0.15, 0.2) is 0 Å². The largest absolute Gasteiger partial charge is 0.481 e. The zero-order valence-corrected chi connectivity index (χ0v) is 11.3. The van der Waals surface area contributed by atoms with Gasteiger partial charge in [-0.05, 0) is 28.8 Å². The molecule has 2 aromatic rings. The number of carboxylic acids is 1. The Morgan fingerprint density at radius 3 is 1.84 bits per heavy atom. The molecule has 2 atom stereocenters. The summed E-state index contributed by atoms with van der Waals surface area (Å²) in [5, 5.41) is 12.2. The molecule has 1 fully saturated rings. The van der Waals surface area contributed by atoms with Crippen molar-refractivity contribution in [2.45, 2.75) is 31.6 Å². The van der Waals surface area contributed by atoms with Gasteiger partial charge in [-0.25, -0.2) is 0 Å². The fraction of sp³-hybridized carbons (Fsp3) is 0.353. The summed E-state index contributed by atoms with van der Waals surface area (Å²) in [4.78, 5) is 11.8. The summed E-state index contributed by atoms with van der Waals surface area (Å²) in [6, 6.07) is 12.5. The van der Waals surface area contributed by atoms with E-state index in [1.807, 2.05) is 19.1 Å². The minimum atomic E-state index is -0.706. The predicted octanol–water partition coefficient (Wildman–Crippen LogP) is 3.47. The number of fused-ring (bicyclic) bond motifs is 3. The normalized spacial score (nSPS) is 38.3. The Morgan fingerprint density at radius 1 is 0.947 bits per heavy atom. The van der Waals surface area contributed by atoms with E-state index in [0.29, 0.717) is 0 Å². The van der Waals surface area contributed by atoms with E-state index in [-0.39, 0.29) is 10.8 Å². The molecule has 19 heavy (non-hydrogen) atoms. The van der Waals surface area contributed by atoms with Crippen molar-refractivity contribution in [3.8, 4) is 0 Å². The van der Waals surface area contributed by atoms with Gasteiger partial charge in [-0.15, -0.1) is 0 Å². The maximum absolute atomic E-state index is 11.8. The molecule has 2 aliphatic carbocycles. The lowest BCUT2D eigenvalue weighted by molar-refractivity contribution is -0.144. The summed E-state index contributed by atoms with van der Waals surface area (Å²) >= 11 is 0. The predicted molar refractivity (Wildman–Crippen MR) is 74.4 cm³/mol. The average Bonchev–Trinajstić information content (AvgIpc) is 2.70. The molecule has 2 nitrogen and oxygen atoms in total. The zero-order chi connectivity index (χ0) is 13.6. The van der Waals surface area contributed by atoms with Gasteiger partial charge in [-0.1, -0.05) is 50.2 Å². The molecule has 0 aromatic heterocycles. The molecule has 0 saturated heterocycles. The molecular weight excluding hydrogens is 236 g/mol. The van der Waals surface area contributed by atoms with Crippen molar-refractivity contribution >= 4 is 16.7 Å². The maximum atomic E-state index is 11.8. The standard InChI is InChI=1S/C17H16O2/c1-15-11-8-4-6-10-7-5-9-12(13(10)11)16(15,2)17(15,3)14(18)19/h4-9H,1-3H3,(H,18,19). The third-order valence-corrected chi connectivity index (χ3v) is 6.35. The number of rotatable bonds is 1. The van der Waals surface area contributed by atoms with Crippen LogP contribution >= 0.6 is 0 Å². The van der Waals surface area contributed by atoms with Gasteiger partial charge in [-0.2, -0.15) is 0 Å². The molecule has 1 N–H and O–H groups in total. The Labute approximate surface area is 112 Å². The lowest BCUT2D eigenvalue weighted by atomic mass is 9.84. The third kappa shape index (κ3) is 0.764. The van der Waals surface area contributed by atoms with Gasteiger partial charge in [0.05, 0.1) is 5.41 Å². The fourth-order valence-corrected chi connectivity index (χ4v) is 4.80. The van der Waals surface area contributed by atoms with Crippen LogP contribution in [-0.4, -0.2) is 11.1 Å². The lowest BCUT2D eigenvalue weighted by Gasteiger charge is -2.19. The molecule has 2 aliphatic rings. The molecule has 0 heterocycles. The molecule has 4 rings (SSSR count). The van der Waals surface area contributed by atoms with E-state index < -0.39 is 11.4 Å². The van der Waals surface area contributed by atoms with Gasteiger partial charge in [0.2, 0.25) is 0 Å². The smallest absolute Gasteiger partial charge is 0.311 e. The number of carboxylic acid groups (broad SMARTS) is 1. The molecular formula is C17H16O2. The molecule has 0 radical (unpaired) electrons. The average molecular weight is 252 g/mol. The Bertz CT molecular complexity index is 710. The zero-order valence-electron chi connectivity index (χ0n) is 11.3. The highest BCUT2D eigenvalue weighted by Crippen LogP contribution is 2.82. The van der Waals surface area contributed by atoms with Crippen molar-refractivity contribution in [2.75, 3.05) is 0 Å². The molecule has 2 aromatic carbocycles. The van der Waals surface area contributed by atoms with Crippen LogP contribution in [0.3, 0.4) is 0 Å². The Balaban J connectivity index is 2.17. The summed E-state index contributed by atoms with van der Waals surface area (Å²) in [6.45, 7) is 6.11. The summed E-state index contributed by atoms with van der Waals surface area (Å²) in [5.74, 6) is -0.691. The van der Waals surface area contributed by atoms with Gasteiger partial charge >= 0.3 is 5.97 Å². The molecule has 96 valence electrons. The minimum absolute atomic E-state index is 0.297. The maximum Gasteiger partial charge on any atom is 0.311 e. The monoisotopic (exact) mass is 252 g/mol. The Hall–Kier alpha value is -1.83. The highest BCUT2D eigenvalue weighted by atomic mass is 16.4. The lowest BCUT2D eigenvalue weighted by Crippen LogP contribution is -2.24. The van der Waals surface area contributed by atoms with Crippen molar-refractivity contribution in [1.82, 2.24) is 0 Å². The van der Waals surface area contributed by atoms with Crippen molar-refractivity contribution in [3.05, 3.63) is 47.5 Å². The van der Waals surface area contributed by atoms with Crippen LogP contribution in [0.5, 0.6) is 0 Å². The van der Waals surface area contributed by atoms with E-state index in [1.165, 1.54) is 21.9 Å². The van der Waals surface area contributed by atoms with E-state index in [9.17, 15) is 9.90 Å². The van der Waals surface area contributed by atoms with Gasteiger partial charge in [-0.3, -0.25) is 4.79 Å². The summed E-state index contributed by atoms with van der Waals surface area (Å²) < 4.78 is 0. The van der Waals surface area contributed by atoms with Crippen LogP contribution < -0.4 is 0 Å². The molecule has 1 saturated carbocycles. The quantitative estimate of drug-likeness (QED) is 0.843. The van der Waals surface area contributed by atoms with E-state index in [4.69, 9.17) is 0 Å². The van der Waals surface area contributed by atoms with Crippen LogP contribution in [0.25, 0.3) is 10.8 Å². The number of aliphatic carboxylic acids is 1. The number of carbonyl (C=O) groups is 1. The first-order valence-corrected chi connectivity index (χ1v) is 6.67.